The molecular formula is C10H18N2O2. The first-order valence-electron chi connectivity index (χ1n) is 5.48. The number of aliphatic hydroxyl groups is 1. The van der Waals surface area contributed by atoms with Crippen LogP contribution in [0.25, 0.3) is 0 Å². The highest BCUT2D eigenvalue weighted by Gasteiger charge is 2.28. The Morgan fingerprint density at radius 1 is 1.43 bits per heavy atom. The van der Waals surface area contributed by atoms with Crippen molar-refractivity contribution in [3.8, 4) is 0 Å². The van der Waals surface area contributed by atoms with Crippen LogP contribution in [0.4, 0.5) is 4.79 Å². The van der Waals surface area contributed by atoms with E-state index in [0.717, 1.165) is 38.9 Å². The van der Waals surface area contributed by atoms with Crippen LogP contribution < -0.4 is 5.32 Å². The summed E-state index contributed by atoms with van der Waals surface area (Å²) in [6.45, 7) is 2.27. The lowest BCUT2D eigenvalue weighted by Gasteiger charge is -2.30. The molecule has 2 amide bonds. The Balaban J connectivity index is 1.86. The van der Waals surface area contributed by atoms with E-state index in [4.69, 9.17) is 0 Å². The maximum absolute atomic E-state index is 11.3. The second-order valence-electron chi connectivity index (χ2n) is 4.29. The largest absolute Gasteiger partial charge is 0.393 e. The third kappa shape index (κ3) is 2.00. The predicted molar refractivity (Wildman–Crippen MR) is 52.9 cm³/mol. The molecule has 0 aromatic carbocycles. The molecule has 1 aliphatic heterocycles. The molecule has 1 heterocycles. The van der Waals surface area contributed by atoms with Crippen molar-refractivity contribution >= 4 is 6.03 Å². The maximum atomic E-state index is 11.3. The number of hydrogen-bond donors (Lipinski definition) is 2. The molecule has 1 saturated heterocycles. The van der Waals surface area contributed by atoms with Crippen molar-refractivity contribution in [2.45, 2.75) is 31.8 Å². The molecule has 0 spiro atoms. The Hall–Kier alpha value is -0.770. The molecule has 0 aromatic rings. The topological polar surface area (TPSA) is 52.6 Å². The van der Waals surface area contributed by atoms with Crippen LogP contribution in [0.2, 0.25) is 0 Å². The molecule has 14 heavy (non-hydrogen) atoms. The molecule has 2 aliphatic rings. The van der Waals surface area contributed by atoms with Crippen molar-refractivity contribution < 1.29 is 9.90 Å². The number of nitrogens with one attached hydrogen (secondary N) is 1. The van der Waals surface area contributed by atoms with Crippen LogP contribution in [-0.4, -0.2) is 41.8 Å². The third-order valence-corrected chi connectivity index (χ3v) is 3.27. The first-order chi connectivity index (χ1) is 6.77. The van der Waals surface area contributed by atoms with Gasteiger partial charge in [-0.15, -0.1) is 0 Å². The summed E-state index contributed by atoms with van der Waals surface area (Å²) in [4.78, 5) is 13.1. The van der Waals surface area contributed by atoms with E-state index in [9.17, 15) is 9.90 Å². The van der Waals surface area contributed by atoms with Crippen molar-refractivity contribution in [1.82, 2.24) is 10.2 Å². The van der Waals surface area contributed by atoms with Gasteiger partial charge in [0.25, 0.3) is 0 Å². The minimum atomic E-state index is -0.197. The first-order valence-corrected chi connectivity index (χ1v) is 5.48. The van der Waals surface area contributed by atoms with Crippen molar-refractivity contribution in [2.75, 3.05) is 19.6 Å². The highest BCUT2D eigenvalue weighted by atomic mass is 16.3. The molecule has 1 aliphatic carbocycles. The van der Waals surface area contributed by atoms with Crippen LogP contribution in [0.3, 0.4) is 0 Å². The number of amides is 2. The van der Waals surface area contributed by atoms with Gasteiger partial charge in [0.2, 0.25) is 0 Å². The van der Waals surface area contributed by atoms with Crippen LogP contribution in [-0.2, 0) is 0 Å². The van der Waals surface area contributed by atoms with E-state index in [2.05, 4.69) is 5.32 Å². The number of nitrogens with zero attached hydrogens (tertiary/aromatic N) is 1. The van der Waals surface area contributed by atoms with Gasteiger partial charge >= 0.3 is 6.03 Å². The fraction of sp³-hybridized carbons (Fsp3) is 0.900. The lowest BCUT2D eigenvalue weighted by molar-refractivity contribution is 0.0561. The third-order valence-electron chi connectivity index (χ3n) is 3.27. The van der Waals surface area contributed by atoms with E-state index in [1.807, 2.05) is 4.90 Å². The van der Waals surface area contributed by atoms with E-state index < -0.39 is 0 Å². The number of carbonyl (C=O) groups is 1. The molecule has 2 atom stereocenters. The van der Waals surface area contributed by atoms with E-state index >= 15 is 0 Å². The summed E-state index contributed by atoms with van der Waals surface area (Å²) in [6.07, 6.45) is 4.09. The van der Waals surface area contributed by atoms with Crippen LogP contribution in [0.1, 0.15) is 25.7 Å². The maximum Gasteiger partial charge on any atom is 0.317 e. The molecule has 2 fully saturated rings. The van der Waals surface area contributed by atoms with Gasteiger partial charge in [0, 0.05) is 25.6 Å². The molecular weight excluding hydrogens is 180 g/mol. The highest BCUT2D eigenvalue weighted by molar-refractivity contribution is 5.76. The van der Waals surface area contributed by atoms with Crippen molar-refractivity contribution in [1.29, 1.82) is 0 Å². The molecule has 0 radical (unpaired) electrons. The number of urea groups is 1. The summed E-state index contributed by atoms with van der Waals surface area (Å²) < 4.78 is 0. The quantitative estimate of drug-likeness (QED) is 0.681. The van der Waals surface area contributed by atoms with E-state index in [0.29, 0.717) is 5.92 Å². The minimum absolute atomic E-state index is 0.0303. The highest BCUT2D eigenvalue weighted by Crippen LogP contribution is 2.25. The average molecular weight is 198 g/mol. The van der Waals surface area contributed by atoms with Gasteiger partial charge < -0.3 is 15.3 Å². The summed E-state index contributed by atoms with van der Waals surface area (Å²) in [5.41, 5.74) is 0. The number of hydrogen-bond acceptors (Lipinski definition) is 2. The van der Waals surface area contributed by atoms with Crippen LogP contribution >= 0.6 is 0 Å². The normalized spacial score (nSPS) is 33.2. The lowest BCUT2D eigenvalue weighted by Crippen LogP contribution is -2.38. The molecule has 80 valence electrons. The molecule has 4 nitrogen and oxygen atoms in total. The fourth-order valence-corrected chi connectivity index (χ4v) is 2.37. The van der Waals surface area contributed by atoms with E-state index in [1.54, 1.807) is 0 Å². The zero-order valence-electron chi connectivity index (χ0n) is 8.41. The SMILES string of the molecule is O=C1NCCN1CC1CCCCC1O. The van der Waals surface area contributed by atoms with E-state index in [1.165, 1.54) is 6.42 Å². The number of rotatable bonds is 2. The Bertz CT molecular complexity index is 220. The summed E-state index contributed by atoms with van der Waals surface area (Å²) in [5, 5.41) is 12.5. The number of carbonyl (C=O) groups excluding carboxylic acids is 1. The molecule has 0 aromatic heterocycles. The van der Waals surface area contributed by atoms with Gasteiger partial charge in [-0.2, -0.15) is 0 Å². The molecule has 1 saturated carbocycles. The van der Waals surface area contributed by atoms with Gasteiger partial charge in [0.05, 0.1) is 6.10 Å². The summed E-state index contributed by atoms with van der Waals surface area (Å²) in [6, 6.07) is 0.0303. The average Bonchev–Trinajstić information content (AvgIpc) is 2.56. The molecule has 2 N–H and O–H groups in total. The monoisotopic (exact) mass is 198 g/mol. The zero-order chi connectivity index (χ0) is 9.97. The fourth-order valence-electron chi connectivity index (χ4n) is 2.37. The smallest absolute Gasteiger partial charge is 0.317 e. The first kappa shape index (κ1) is 9.77. The van der Waals surface area contributed by atoms with Gasteiger partial charge in [0.15, 0.2) is 0 Å². The summed E-state index contributed by atoms with van der Waals surface area (Å²) in [7, 11) is 0. The lowest BCUT2D eigenvalue weighted by atomic mass is 9.86. The van der Waals surface area contributed by atoms with Gasteiger partial charge in [0.1, 0.15) is 0 Å². The number of aliphatic hydroxyl groups excluding tert-OH is 1. The van der Waals surface area contributed by atoms with Gasteiger partial charge in [-0.1, -0.05) is 12.8 Å². The zero-order valence-corrected chi connectivity index (χ0v) is 8.41. The van der Waals surface area contributed by atoms with Gasteiger partial charge in [-0.3, -0.25) is 0 Å². The molecule has 4 heteroatoms. The Morgan fingerprint density at radius 3 is 2.86 bits per heavy atom. The van der Waals surface area contributed by atoms with E-state index in [-0.39, 0.29) is 12.1 Å². The Morgan fingerprint density at radius 2 is 2.21 bits per heavy atom. The van der Waals surface area contributed by atoms with Crippen molar-refractivity contribution in [3.05, 3.63) is 0 Å². The predicted octanol–water partition coefficient (Wildman–Crippen LogP) is 0.563. The summed E-state index contributed by atoms with van der Waals surface area (Å²) in [5.74, 6) is 0.299. The van der Waals surface area contributed by atoms with Crippen LogP contribution in [0.5, 0.6) is 0 Å². The Kier molecular flexibility index (Phi) is 2.91. The second-order valence-corrected chi connectivity index (χ2v) is 4.29. The van der Waals surface area contributed by atoms with Gasteiger partial charge in [-0.25, -0.2) is 4.79 Å². The minimum Gasteiger partial charge on any atom is -0.393 e. The molecule has 2 rings (SSSR count). The van der Waals surface area contributed by atoms with Crippen LogP contribution in [0.15, 0.2) is 0 Å². The summed E-state index contributed by atoms with van der Waals surface area (Å²) >= 11 is 0. The van der Waals surface area contributed by atoms with Crippen molar-refractivity contribution in [3.63, 3.8) is 0 Å². The van der Waals surface area contributed by atoms with Crippen molar-refractivity contribution in [2.24, 2.45) is 5.92 Å². The Labute approximate surface area is 84.3 Å². The second kappa shape index (κ2) is 4.17. The molecule has 0 bridgehead atoms. The standard InChI is InChI=1S/C10H18N2O2/c13-9-4-2-1-3-8(9)7-12-6-5-11-10(12)14/h8-9,13H,1-7H2,(H,11,14). The molecule has 2 unspecified atom stereocenters. The van der Waals surface area contributed by atoms with Crippen LogP contribution in [0, 0.1) is 5.92 Å². The van der Waals surface area contributed by atoms with Gasteiger partial charge in [-0.05, 0) is 12.8 Å².